The van der Waals surface area contributed by atoms with Crippen molar-refractivity contribution >= 4 is 10.0 Å². The Kier molecular flexibility index (Phi) is 4.83. The lowest BCUT2D eigenvalue weighted by atomic mass is 10.1. The van der Waals surface area contributed by atoms with E-state index >= 15 is 0 Å². The van der Waals surface area contributed by atoms with Gasteiger partial charge in [0.1, 0.15) is 0 Å². The van der Waals surface area contributed by atoms with Gasteiger partial charge in [-0.05, 0) is 31.4 Å². The Labute approximate surface area is 139 Å². The summed E-state index contributed by atoms with van der Waals surface area (Å²) in [5, 5.41) is 0. The minimum absolute atomic E-state index is 0.0614. The molecule has 0 saturated carbocycles. The van der Waals surface area contributed by atoms with Gasteiger partial charge in [0.2, 0.25) is 10.0 Å². The van der Waals surface area contributed by atoms with Gasteiger partial charge in [-0.2, -0.15) is 4.31 Å². The van der Waals surface area contributed by atoms with E-state index in [0.717, 1.165) is 36.8 Å². The maximum Gasteiger partial charge on any atom is 0.243 e. The zero-order valence-electron chi connectivity index (χ0n) is 13.5. The maximum absolute atomic E-state index is 13.3. The lowest BCUT2D eigenvalue weighted by Crippen LogP contribution is -2.38. The monoisotopic (exact) mass is 329 g/mol. The van der Waals surface area contributed by atoms with E-state index in [4.69, 9.17) is 0 Å². The molecule has 4 heteroatoms. The first-order valence-corrected chi connectivity index (χ1v) is 9.71. The Balaban J connectivity index is 2.07. The number of nitrogens with zero attached hydrogens (tertiary/aromatic N) is 1. The van der Waals surface area contributed by atoms with Gasteiger partial charge < -0.3 is 0 Å². The maximum atomic E-state index is 13.3. The van der Waals surface area contributed by atoms with Gasteiger partial charge in [-0.25, -0.2) is 8.42 Å². The van der Waals surface area contributed by atoms with Crippen LogP contribution in [-0.4, -0.2) is 25.3 Å². The summed E-state index contributed by atoms with van der Waals surface area (Å²) in [6.45, 7) is 2.64. The molecule has 23 heavy (non-hydrogen) atoms. The third-order valence-corrected chi connectivity index (χ3v) is 6.62. The molecule has 1 atom stereocenters. The van der Waals surface area contributed by atoms with Crippen molar-refractivity contribution < 1.29 is 8.42 Å². The van der Waals surface area contributed by atoms with Gasteiger partial charge in [0, 0.05) is 18.2 Å². The second-order valence-electron chi connectivity index (χ2n) is 6.18. The van der Waals surface area contributed by atoms with E-state index in [1.807, 2.05) is 55.5 Å². The molecule has 2 aromatic carbocycles. The molecule has 1 aliphatic heterocycles. The third-order valence-electron chi connectivity index (χ3n) is 4.55. The molecule has 1 fully saturated rings. The van der Waals surface area contributed by atoms with Gasteiger partial charge in [0.05, 0.1) is 4.90 Å². The molecule has 1 unspecified atom stereocenters. The van der Waals surface area contributed by atoms with Gasteiger partial charge in [0.15, 0.2) is 0 Å². The van der Waals surface area contributed by atoms with E-state index in [-0.39, 0.29) is 6.04 Å². The molecule has 122 valence electrons. The molecule has 3 nitrogen and oxygen atoms in total. The zero-order chi connectivity index (χ0) is 16.3. The van der Waals surface area contributed by atoms with Crippen molar-refractivity contribution in [1.29, 1.82) is 0 Å². The van der Waals surface area contributed by atoms with Gasteiger partial charge in [-0.3, -0.25) is 0 Å². The van der Waals surface area contributed by atoms with Crippen molar-refractivity contribution in [2.75, 3.05) is 6.54 Å². The fourth-order valence-electron chi connectivity index (χ4n) is 3.28. The molecule has 1 heterocycles. The molecular formula is C19H23NO2S. The molecular weight excluding hydrogens is 306 g/mol. The summed E-state index contributed by atoms with van der Waals surface area (Å²) in [5.41, 5.74) is 1.72. The van der Waals surface area contributed by atoms with Crippen molar-refractivity contribution in [2.45, 2.75) is 43.5 Å². The molecule has 0 aromatic heterocycles. The van der Waals surface area contributed by atoms with Gasteiger partial charge >= 0.3 is 0 Å². The van der Waals surface area contributed by atoms with Crippen LogP contribution in [0.3, 0.4) is 0 Å². The number of hydrogen-bond donors (Lipinski definition) is 0. The summed E-state index contributed by atoms with van der Waals surface area (Å²) in [5.74, 6) is 0. The van der Waals surface area contributed by atoms with Crippen LogP contribution in [0.15, 0.2) is 59.5 Å². The summed E-state index contributed by atoms with van der Waals surface area (Å²) in [4.78, 5) is 0.417. The highest BCUT2D eigenvalue weighted by atomic mass is 32.2. The number of benzene rings is 2. The minimum Gasteiger partial charge on any atom is -0.207 e. The summed E-state index contributed by atoms with van der Waals surface area (Å²) in [6, 6.07) is 17.1. The van der Waals surface area contributed by atoms with E-state index in [1.165, 1.54) is 0 Å². The smallest absolute Gasteiger partial charge is 0.207 e. The van der Waals surface area contributed by atoms with Gasteiger partial charge in [0.25, 0.3) is 0 Å². The summed E-state index contributed by atoms with van der Waals surface area (Å²) in [7, 11) is -3.48. The summed E-state index contributed by atoms with van der Waals surface area (Å²) < 4.78 is 28.2. The topological polar surface area (TPSA) is 37.4 Å². The van der Waals surface area contributed by atoms with Crippen LogP contribution in [0, 0.1) is 0 Å². The fourth-order valence-corrected chi connectivity index (χ4v) is 5.20. The van der Waals surface area contributed by atoms with Crippen molar-refractivity contribution in [2.24, 2.45) is 0 Å². The normalized spacial score (nSPS) is 20.1. The quantitative estimate of drug-likeness (QED) is 0.841. The highest BCUT2D eigenvalue weighted by molar-refractivity contribution is 7.89. The van der Waals surface area contributed by atoms with Crippen molar-refractivity contribution in [1.82, 2.24) is 4.31 Å². The molecule has 0 radical (unpaired) electrons. The lowest BCUT2D eigenvalue weighted by Gasteiger charge is -2.27. The first kappa shape index (κ1) is 16.2. The molecule has 1 aliphatic rings. The molecule has 0 aliphatic carbocycles. The summed E-state index contributed by atoms with van der Waals surface area (Å²) >= 11 is 0. The van der Waals surface area contributed by atoms with Crippen LogP contribution in [0.2, 0.25) is 0 Å². The molecule has 0 spiro atoms. The van der Waals surface area contributed by atoms with Crippen LogP contribution < -0.4 is 0 Å². The van der Waals surface area contributed by atoms with Crippen molar-refractivity contribution in [3.8, 4) is 11.1 Å². The number of hydrogen-bond acceptors (Lipinski definition) is 2. The fraction of sp³-hybridized carbons (Fsp3) is 0.368. The van der Waals surface area contributed by atoms with Crippen LogP contribution in [0.4, 0.5) is 0 Å². The first-order chi connectivity index (χ1) is 11.1. The summed E-state index contributed by atoms with van der Waals surface area (Å²) in [6.07, 6.45) is 4.09. The number of sulfonamides is 1. The first-order valence-electron chi connectivity index (χ1n) is 8.27. The second kappa shape index (κ2) is 6.85. The Morgan fingerprint density at radius 1 is 0.913 bits per heavy atom. The van der Waals surface area contributed by atoms with Gasteiger partial charge in [-0.1, -0.05) is 61.4 Å². The van der Waals surface area contributed by atoms with E-state index in [0.29, 0.717) is 11.4 Å². The Hall–Kier alpha value is -1.65. The Morgan fingerprint density at radius 3 is 2.39 bits per heavy atom. The minimum atomic E-state index is -3.48. The van der Waals surface area contributed by atoms with E-state index in [2.05, 4.69) is 0 Å². The van der Waals surface area contributed by atoms with E-state index in [1.54, 1.807) is 10.4 Å². The van der Waals surface area contributed by atoms with Crippen LogP contribution in [0.5, 0.6) is 0 Å². The molecule has 3 rings (SSSR count). The zero-order valence-corrected chi connectivity index (χ0v) is 14.3. The third kappa shape index (κ3) is 3.33. The Morgan fingerprint density at radius 2 is 1.61 bits per heavy atom. The molecule has 0 amide bonds. The lowest BCUT2D eigenvalue weighted by molar-refractivity contribution is 0.342. The van der Waals surface area contributed by atoms with E-state index in [9.17, 15) is 8.42 Å². The average Bonchev–Trinajstić information content (AvgIpc) is 2.80. The standard InChI is InChI=1S/C19H23NO2S/c1-16-10-4-3-9-15-20(16)23(21,22)19-14-8-7-13-18(19)17-11-5-2-6-12-17/h2,5-8,11-14,16H,3-4,9-10,15H2,1H3. The molecule has 0 N–H and O–H groups in total. The highest BCUT2D eigenvalue weighted by Gasteiger charge is 2.31. The predicted octanol–water partition coefficient (Wildman–Crippen LogP) is 4.31. The van der Waals surface area contributed by atoms with Crippen LogP contribution in [0.1, 0.15) is 32.6 Å². The van der Waals surface area contributed by atoms with Crippen LogP contribution in [-0.2, 0) is 10.0 Å². The SMILES string of the molecule is CC1CCCCCN1S(=O)(=O)c1ccccc1-c1ccccc1. The number of rotatable bonds is 3. The Bertz CT molecular complexity index is 756. The van der Waals surface area contributed by atoms with Crippen LogP contribution in [0.25, 0.3) is 11.1 Å². The second-order valence-corrected chi connectivity index (χ2v) is 8.04. The van der Waals surface area contributed by atoms with Crippen molar-refractivity contribution in [3.63, 3.8) is 0 Å². The van der Waals surface area contributed by atoms with Crippen LogP contribution >= 0.6 is 0 Å². The molecule has 2 aromatic rings. The molecule has 0 bridgehead atoms. The van der Waals surface area contributed by atoms with E-state index < -0.39 is 10.0 Å². The largest absolute Gasteiger partial charge is 0.243 e. The van der Waals surface area contributed by atoms with Crippen molar-refractivity contribution in [3.05, 3.63) is 54.6 Å². The van der Waals surface area contributed by atoms with Gasteiger partial charge in [-0.15, -0.1) is 0 Å². The molecule has 1 saturated heterocycles. The predicted molar refractivity (Wildman–Crippen MR) is 93.7 cm³/mol. The average molecular weight is 329 g/mol. The highest BCUT2D eigenvalue weighted by Crippen LogP contribution is 2.31.